The van der Waals surface area contributed by atoms with Gasteiger partial charge in [0.25, 0.3) is 5.91 Å². The summed E-state index contributed by atoms with van der Waals surface area (Å²) in [6.45, 7) is 3.87. The fourth-order valence-electron chi connectivity index (χ4n) is 2.57. The third-order valence-electron chi connectivity index (χ3n) is 3.66. The molecule has 24 heavy (non-hydrogen) atoms. The van der Waals surface area contributed by atoms with E-state index in [1.165, 1.54) is 7.11 Å². The van der Waals surface area contributed by atoms with Gasteiger partial charge >= 0.3 is 5.97 Å². The van der Waals surface area contributed by atoms with Crippen LogP contribution in [-0.2, 0) is 16.0 Å². The molecule has 0 aromatic heterocycles. The van der Waals surface area contributed by atoms with E-state index in [1.807, 2.05) is 44.2 Å². The number of carbonyl (C=O) groups is 2. The van der Waals surface area contributed by atoms with Crippen molar-refractivity contribution in [3.05, 3.63) is 69.2 Å². The molecule has 2 rings (SSSR count). The molecule has 1 atom stereocenters. The van der Waals surface area contributed by atoms with Gasteiger partial charge in [-0.2, -0.15) is 0 Å². The highest BCUT2D eigenvalue weighted by molar-refractivity contribution is 9.10. The summed E-state index contributed by atoms with van der Waals surface area (Å²) >= 11 is 3.46. The van der Waals surface area contributed by atoms with E-state index >= 15 is 0 Å². The van der Waals surface area contributed by atoms with Crippen LogP contribution in [0.2, 0.25) is 0 Å². The highest BCUT2D eigenvalue weighted by Gasteiger charge is 2.23. The highest BCUT2D eigenvalue weighted by Crippen LogP contribution is 2.18. The summed E-state index contributed by atoms with van der Waals surface area (Å²) in [6.07, 6.45) is 0.352. The normalized spacial score (nSPS) is 11.7. The Morgan fingerprint density at radius 1 is 1.12 bits per heavy atom. The second kappa shape index (κ2) is 8.11. The fraction of sp³-hybridized carbons (Fsp3) is 0.263. The van der Waals surface area contributed by atoms with Gasteiger partial charge in [-0.15, -0.1) is 0 Å². The van der Waals surface area contributed by atoms with Gasteiger partial charge in [0.15, 0.2) is 0 Å². The minimum Gasteiger partial charge on any atom is -0.467 e. The first kappa shape index (κ1) is 18.2. The number of hydrogen-bond acceptors (Lipinski definition) is 3. The summed E-state index contributed by atoms with van der Waals surface area (Å²) < 4.78 is 5.73. The largest absolute Gasteiger partial charge is 0.467 e. The van der Waals surface area contributed by atoms with Crippen molar-refractivity contribution >= 4 is 27.8 Å². The molecule has 1 N–H and O–H groups in total. The maximum atomic E-state index is 12.5. The van der Waals surface area contributed by atoms with E-state index in [2.05, 4.69) is 21.2 Å². The van der Waals surface area contributed by atoms with E-state index in [1.54, 1.807) is 12.1 Å². The van der Waals surface area contributed by atoms with Gasteiger partial charge in [-0.3, -0.25) is 4.79 Å². The average Bonchev–Trinajstić information content (AvgIpc) is 2.54. The molecule has 0 aliphatic carbocycles. The maximum Gasteiger partial charge on any atom is 0.328 e. The van der Waals surface area contributed by atoms with Gasteiger partial charge in [0.05, 0.1) is 7.11 Å². The molecule has 1 amide bonds. The number of methoxy groups -OCH3 is 1. The van der Waals surface area contributed by atoms with Crippen LogP contribution in [0.25, 0.3) is 0 Å². The first-order valence-electron chi connectivity index (χ1n) is 7.61. The predicted molar refractivity (Wildman–Crippen MR) is 97.0 cm³/mol. The molecular formula is C19H20BrNO3. The molecule has 0 bridgehead atoms. The van der Waals surface area contributed by atoms with Crippen LogP contribution in [0.1, 0.15) is 27.0 Å². The minimum atomic E-state index is -0.748. The average molecular weight is 390 g/mol. The molecule has 0 aliphatic rings. The van der Waals surface area contributed by atoms with Crippen molar-refractivity contribution in [2.24, 2.45) is 0 Å². The number of nitrogens with one attached hydrogen (secondary N) is 1. The van der Waals surface area contributed by atoms with Crippen LogP contribution in [0.3, 0.4) is 0 Å². The molecule has 2 aromatic rings. The number of ether oxygens (including phenoxy) is 1. The molecule has 0 unspecified atom stereocenters. The second-order valence-electron chi connectivity index (χ2n) is 5.72. The molecule has 2 aromatic carbocycles. The summed E-state index contributed by atoms with van der Waals surface area (Å²) in [5, 5.41) is 2.78. The summed E-state index contributed by atoms with van der Waals surface area (Å²) in [4.78, 5) is 24.6. The van der Waals surface area contributed by atoms with E-state index in [0.717, 1.165) is 21.2 Å². The molecule has 0 spiro atoms. The van der Waals surface area contributed by atoms with Gasteiger partial charge < -0.3 is 10.1 Å². The zero-order valence-corrected chi connectivity index (χ0v) is 15.5. The monoisotopic (exact) mass is 389 g/mol. The van der Waals surface area contributed by atoms with Gasteiger partial charge in [0.2, 0.25) is 0 Å². The Bertz CT molecular complexity index is 738. The first-order valence-corrected chi connectivity index (χ1v) is 8.40. The lowest BCUT2D eigenvalue weighted by molar-refractivity contribution is -0.142. The molecule has 0 aliphatic heterocycles. The van der Waals surface area contributed by atoms with Crippen LogP contribution >= 0.6 is 15.9 Å². The van der Waals surface area contributed by atoms with Crippen molar-refractivity contribution in [2.75, 3.05) is 7.11 Å². The van der Waals surface area contributed by atoms with Crippen LogP contribution in [0.5, 0.6) is 0 Å². The van der Waals surface area contributed by atoms with E-state index in [9.17, 15) is 9.59 Å². The summed E-state index contributed by atoms with van der Waals surface area (Å²) in [5.41, 5.74) is 3.46. The summed E-state index contributed by atoms with van der Waals surface area (Å²) in [6, 6.07) is 12.4. The van der Waals surface area contributed by atoms with Crippen molar-refractivity contribution < 1.29 is 14.3 Å². The molecule has 5 heteroatoms. The number of hydrogen-bond donors (Lipinski definition) is 1. The molecule has 0 saturated heterocycles. The Hall–Kier alpha value is -2.14. The number of amides is 1. The van der Waals surface area contributed by atoms with Crippen molar-refractivity contribution in [1.82, 2.24) is 5.32 Å². The minimum absolute atomic E-state index is 0.288. The SMILES string of the molecule is COC(=O)[C@H](Cc1ccccc1Br)NC(=O)c1cc(C)cc(C)c1. The predicted octanol–water partition coefficient (Wildman–Crippen LogP) is 3.58. The van der Waals surface area contributed by atoms with Crippen LogP contribution in [0, 0.1) is 13.8 Å². The molecule has 4 nitrogen and oxygen atoms in total. The van der Waals surface area contributed by atoms with Gasteiger partial charge in [-0.25, -0.2) is 4.79 Å². The van der Waals surface area contributed by atoms with E-state index < -0.39 is 12.0 Å². The van der Waals surface area contributed by atoms with Gasteiger partial charge in [-0.1, -0.05) is 51.3 Å². The Labute approximate surface area is 150 Å². The molecule has 0 fully saturated rings. The Balaban J connectivity index is 2.21. The molecule has 0 radical (unpaired) electrons. The fourth-order valence-corrected chi connectivity index (χ4v) is 3.01. The Morgan fingerprint density at radius 2 is 1.75 bits per heavy atom. The van der Waals surface area contributed by atoms with Crippen LogP contribution in [0.15, 0.2) is 46.9 Å². The lowest BCUT2D eigenvalue weighted by atomic mass is 10.0. The van der Waals surface area contributed by atoms with E-state index in [4.69, 9.17) is 4.74 Å². The van der Waals surface area contributed by atoms with Gasteiger partial charge in [-0.05, 0) is 37.6 Å². The lowest BCUT2D eigenvalue weighted by Gasteiger charge is -2.17. The summed E-state index contributed by atoms with van der Waals surface area (Å²) in [5.74, 6) is -0.757. The summed E-state index contributed by atoms with van der Waals surface area (Å²) in [7, 11) is 1.32. The van der Waals surface area contributed by atoms with Crippen LogP contribution in [0.4, 0.5) is 0 Å². The zero-order chi connectivity index (χ0) is 17.7. The van der Waals surface area contributed by atoms with Crippen LogP contribution < -0.4 is 5.32 Å². The molecular weight excluding hydrogens is 370 g/mol. The smallest absolute Gasteiger partial charge is 0.328 e. The van der Waals surface area contributed by atoms with Crippen molar-refractivity contribution in [2.45, 2.75) is 26.3 Å². The number of carbonyl (C=O) groups excluding carboxylic acids is 2. The van der Waals surface area contributed by atoms with Gasteiger partial charge in [0.1, 0.15) is 6.04 Å². The molecule has 0 saturated carbocycles. The van der Waals surface area contributed by atoms with Crippen molar-refractivity contribution in [3.8, 4) is 0 Å². The van der Waals surface area contributed by atoms with E-state index in [0.29, 0.717) is 12.0 Å². The van der Waals surface area contributed by atoms with Crippen molar-refractivity contribution in [3.63, 3.8) is 0 Å². The number of benzene rings is 2. The number of rotatable bonds is 5. The Morgan fingerprint density at radius 3 is 2.33 bits per heavy atom. The number of esters is 1. The standard InChI is InChI=1S/C19H20BrNO3/c1-12-8-13(2)10-15(9-12)18(22)21-17(19(23)24-3)11-14-6-4-5-7-16(14)20/h4-10,17H,11H2,1-3H3,(H,21,22)/t17-/m0/s1. The third-order valence-corrected chi connectivity index (χ3v) is 4.43. The lowest BCUT2D eigenvalue weighted by Crippen LogP contribution is -2.43. The quantitative estimate of drug-likeness (QED) is 0.795. The van der Waals surface area contributed by atoms with Gasteiger partial charge in [0, 0.05) is 16.5 Å². The van der Waals surface area contributed by atoms with Crippen molar-refractivity contribution in [1.29, 1.82) is 0 Å². The first-order chi connectivity index (χ1) is 11.4. The molecule has 0 heterocycles. The number of aryl methyl sites for hydroxylation is 2. The molecule has 126 valence electrons. The Kier molecular flexibility index (Phi) is 6.15. The topological polar surface area (TPSA) is 55.4 Å². The zero-order valence-electron chi connectivity index (χ0n) is 13.9. The van der Waals surface area contributed by atoms with E-state index in [-0.39, 0.29) is 5.91 Å². The third kappa shape index (κ3) is 4.68. The maximum absolute atomic E-state index is 12.5. The highest BCUT2D eigenvalue weighted by atomic mass is 79.9. The second-order valence-corrected chi connectivity index (χ2v) is 6.58. The number of halogens is 1. The van der Waals surface area contributed by atoms with Crippen LogP contribution in [-0.4, -0.2) is 25.0 Å².